The van der Waals surface area contributed by atoms with Gasteiger partial charge in [-0.3, -0.25) is 0 Å². The molecule has 2 saturated carbocycles. The summed E-state index contributed by atoms with van der Waals surface area (Å²) in [4.78, 5) is 12.6. The van der Waals surface area contributed by atoms with Crippen molar-refractivity contribution in [2.45, 2.75) is 84.0 Å². The predicted octanol–water partition coefficient (Wildman–Crippen LogP) is 9.35. The molecule has 0 heterocycles. The minimum absolute atomic E-state index is 0.275. The van der Waals surface area contributed by atoms with Crippen LogP contribution in [0, 0.1) is 29.4 Å². The van der Waals surface area contributed by atoms with Crippen LogP contribution in [0.5, 0.6) is 5.75 Å². The van der Waals surface area contributed by atoms with E-state index in [1.807, 2.05) is 31.2 Å². The molecule has 2 aromatic carbocycles. The number of fused-ring (bicyclic) bond motifs is 1. The van der Waals surface area contributed by atoms with Gasteiger partial charge in [-0.05, 0) is 125 Å². The molecule has 0 saturated heterocycles. The van der Waals surface area contributed by atoms with E-state index in [1.165, 1.54) is 69.1 Å². The van der Waals surface area contributed by atoms with Gasteiger partial charge in [-0.2, -0.15) is 4.39 Å². The van der Waals surface area contributed by atoms with Crippen molar-refractivity contribution in [3.05, 3.63) is 89.0 Å². The molecular formula is C33H40F2O2. The second kappa shape index (κ2) is 13.2. The van der Waals surface area contributed by atoms with Gasteiger partial charge >= 0.3 is 5.97 Å². The standard InChI is InChI=1S/C33H40F2O2/c1-3-5-7-9-23-11-12-29-22-28(18-17-27(29)21-23)24-13-15-26(16-14-24)33(36)37-30-20-19-25(10-8-6-4-2)31(34)32(30)35/h3-6,13-16,19-20,23,27-29H,7-12,17-18,21-22H2,1-2H3/b5-3+,6-4+. The fourth-order valence-corrected chi connectivity index (χ4v) is 6.35. The molecule has 4 atom stereocenters. The summed E-state index contributed by atoms with van der Waals surface area (Å²) >= 11 is 0. The van der Waals surface area contributed by atoms with E-state index in [9.17, 15) is 13.6 Å². The quantitative estimate of drug-likeness (QED) is 0.192. The van der Waals surface area contributed by atoms with Crippen LogP contribution in [0.3, 0.4) is 0 Å². The lowest BCUT2D eigenvalue weighted by molar-refractivity contribution is 0.0726. The van der Waals surface area contributed by atoms with E-state index in [1.54, 1.807) is 12.1 Å². The summed E-state index contributed by atoms with van der Waals surface area (Å²) in [5.74, 6) is -0.0456. The number of esters is 1. The van der Waals surface area contributed by atoms with E-state index in [4.69, 9.17) is 4.74 Å². The first-order valence-corrected chi connectivity index (χ1v) is 14.0. The molecule has 2 aliphatic carbocycles. The van der Waals surface area contributed by atoms with Crippen molar-refractivity contribution in [1.82, 2.24) is 0 Å². The predicted molar refractivity (Wildman–Crippen MR) is 146 cm³/mol. The highest BCUT2D eigenvalue weighted by Crippen LogP contribution is 2.48. The summed E-state index contributed by atoms with van der Waals surface area (Å²) in [6, 6.07) is 10.3. The minimum atomic E-state index is -1.11. The topological polar surface area (TPSA) is 26.3 Å². The summed E-state index contributed by atoms with van der Waals surface area (Å²) in [5.41, 5.74) is 1.88. The summed E-state index contributed by atoms with van der Waals surface area (Å²) in [7, 11) is 0. The van der Waals surface area contributed by atoms with Crippen LogP contribution in [0.4, 0.5) is 8.78 Å². The highest BCUT2D eigenvalue weighted by Gasteiger charge is 2.35. The Kier molecular flexibility index (Phi) is 9.71. The molecule has 0 N–H and O–H groups in total. The van der Waals surface area contributed by atoms with E-state index in [-0.39, 0.29) is 11.3 Å². The van der Waals surface area contributed by atoms with E-state index < -0.39 is 17.6 Å². The third kappa shape index (κ3) is 6.97. The largest absolute Gasteiger partial charge is 0.420 e. The number of allylic oxidation sites excluding steroid dienone is 4. The summed E-state index contributed by atoms with van der Waals surface area (Å²) in [6.07, 6.45) is 19.5. The van der Waals surface area contributed by atoms with Gasteiger partial charge in [0.2, 0.25) is 5.82 Å². The second-order valence-corrected chi connectivity index (χ2v) is 10.8. The first-order valence-electron chi connectivity index (χ1n) is 14.0. The maximum Gasteiger partial charge on any atom is 0.343 e. The molecule has 0 aromatic heterocycles. The Labute approximate surface area is 220 Å². The van der Waals surface area contributed by atoms with Crippen LogP contribution in [-0.4, -0.2) is 5.97 Å². The van der Waals surface area contributed by atoms with Crippen molar-refractivity contribution in [2.24, 2.45) is 17.8 Å². The van der Waals surface area contributed by atoms with Crippen molar-refractivity contribution in [2.75, 3.05) is 0 Å². The molecule has 0 aliphatic heterocycles. The van der Waals surface area contributed by atoms with Crippen molar-refractivity contribution >= 4 is 5.97 Å². The van der Waals surface area contributed by atoms with Gasteiger partial charge in [0.25, 0.3) is 0 Å². The summed E-state index contributed by atoms with van der Waals surface area (Å²) in [5, 5.41) is 0. The van der Waals surface area contributed by atoms with Gasteiger partial charge in [-0.25, -0.2) is 9.18 Å². The van der Waals surface area contributed by atoms with E-state index >= 15 is 0 Å². The Bertz CT molecular complexity index is 1100. The molecule has 0 radical (unpaired) electrons. The molecule has 0 spiro atoms. The van der Waals surface area contributed by atoms with Gasteiger partial charge in [-0.1, -0.05) is 48.9 Å². The zero-order valence-electron chi connectivity index (χ0n) is 22.2. The molecule has 2 fully saturated rings. The average molecular weight is 507 g/mol. The molecular weight excluding hydrogens is 466 g/mol. The van der Waals surface area contributed by atoms with E-state index in [2.05, 4.69) is 19.1 Å². The lowest BCUT2D eigenvalue weighted by Crippen LogP contribution is -2.30. The first kappa shape index (κ1) is 27.3. The molecule has 4 rings (SSSR count). The minimum Gasteiger partial charge on any atom is -0.420 e. The number of ether oxygens (including phenoxy) is 1. The van der Waals surface area contributed by atoms with Crippen molar-refractivity contribution < 1.29 is 18.3 Å². The Morgan fingerprint density at radius 2 is 1.57 bits per heavy atom. The Balaban J connectivity index is 1.32. The summed E-state index contributed by atoms with van der Waals surface area (Å²) in [6.45, 7) is 3.98. The number of rotatable bonds is 9. The monoisotopic (exact) mass is 506 g/mol. The normalized spacial score (nSPS) is 23.9. The van der Waals surface area contributed by atoms with Crippen LogP contribution in [0.15, 0.2) is 60.7 Å². The van der Waals surface area contributed by atoms with Crippen molar-refractivity contribution in [3.63, 3.8) is 0 Å². The Morgan fingerprint density at radius 1 is 0.865 bits per heavy atom. The molecule has 0 amide bonds. The number of carbonyl (C=O) groups is 1. The fraction of sp³-hybridized carbons (Fsp3) is 0.485. The lowest BCUT2D eigenvalue weighted by Gasteiger charge is -2.42. The summed E-state index contributed by atoms with van der Waals surface area (Å²) < 4.78 is 34.2. The molecule has 2 aromatic rings. The highest BCUT2D eigenvalue weighted by atomic mass is 19.2. The van der Waals surface area contributed by atoms with Crippen molar-refractivity contribution in [1.29, 1.82) is 0 Å². The van der Waals surface area contributed by atoms with Crippen LogP contribution >= 0.6 is 0 Å². The number of hydrogen-bond acceptors (Lipinski definition) is 2. The van der Waals surface area contributed by atoms with E-state index in [0.717, 1.165) is 17.8 Å². The van der Waals surface area contributed by atoms with Gasteiger partial charge in [0.1, 0.15) is 0 Å². The maximum atomic E-state index is 14.5. The number of benzene rings is 2. The van der Waals surface area contributed by atoms with Crippen LogP contribution < -0.4 is 4.74 Å². The van der Waals surface area contributed by atoms with Crippen molar-refractivity contribution in [3.8, 4) is 5.75 Å². The van der Waals surface area contributed by atoms with Gasteiger partial charge in [0.05, 0.1) is 5.56 Å². The zero-order valence-corrected chi connectivity index (χ0v) is 22.2. The van der Waals surface area contributed by atoms with Crippen LogP contribution in [0.2, 0.25) is 0 Å². The third-order valence-electron chi connectivity index (χ3n) is 8.46. The van der Waals surface area contributed by atoms with Gasteiger partial charge < -0.3 is 4.74 Å². The second-order valence-electron chi connectivity index (χ2n) is 10.8. The molecule has 2 nitrogen and oxygen atoms in total. The Hall–Kier alpha value is -2.75. The van der Waals surface area contributed by atoms with Gasteiger partial charge in [0.15, 0.2) is 11.6 Å². The highest BCUT2D eigenvalue weighted by molar-refractivity contribution is 5.91. The van der Waals surface area contributed by atoms with Crippen LogP contribution in [0.25, 0.3) is 0 Å². The van der Waals surface area contributed by atoms with E-state index in [0.29, 0.717) is 24.3 Å². The zero-order chi connectivity index (χ0) is 26.2. The smallest absolute Gasteiger partial charge is 0.343 e. The first-order chi connectivity index (χ1) is 18.0. The Morgan fingerprint density at radius 3 is 2.32 bits per heavy atom. The number of aryl methyl sites for hydroxylation is 1. The lowest BCUT2D eigenvalue weighted by atomic mass is 9.63. The van der Waals surface area contributed by atoms with Gasteiger partial charge in [-0.15, -0.1) is 0 Å². The molecule has 4 unspecified atom stereocenters. The van der Waals surface area contributed by atoms with Crippen LogP contribution in [-0.2, 0) is 6.42 Å². The SMILES string of the molecule is C/C=C/CCc1ccc(OC(=O)c2ccc(C3CCC4CC(CC/C=C/C)CCC4C3)cc2)c(F)c1F. The third-order valence-corrected chi connectivity index (χ3v) is 8.46. The average Bonchev–Trinajstić information content (AvgIpc) is 2.92. The molecule has 198 valence electrons. The number of carbonyl (C=O) groups excluding carboxylic acids is 1. The number of hydrogen-bond donors (Lipinski definition) is 0. The molecule has 37 heavy (non-hydrogen) atoms. The van der Waals surface area contributed by atoms with Gasteiger partial charge in [0, 0.05) is 0 Å². The molecule has 2 aliphatic rings. The number of halogens is 2. The molecule has 0 bridgehead atoms. The molecule has 4 heteroatoms. The maximum absolute atomic E-state index is 14.5. The van der Waals surface area contributed by atoms with Crippen LogP contribution in [0.1, 0.15) is 99.0 Å². The fourth-order valence-electron chi connectivity index (χ4n) is 6.35.